The van der Waals surface area contributed by atoms with Crippen molar-refractivity contribution in [1.29, 1.82) is 0 Å². The predicted octanol–water partition coefficient (Wildman–Crippen LogP) is 1.87. The topological polar surface area (TPSA) is 74.7 Å². The molecule has 0 fully saturated rings. The molecule has 20 heavy (non-hydrogen) atoms. The van der Waals surface area contributed by atoms with E-state index in [2.05, 4.69) is 0 Å². The van der Waals surface area contributed by atoms with Crippen LogP contribution >= 0.6 is 0 Å². The molecule has 0 bridgehead atoms. The number of ketones is 1. The molecular weight excluding hydrogens is 279 g/mol. The first-order valence-corrected chi connectivity index (χ1v) is 5.51. The zero-order valence-electron chi connectivity index (χ0n) is 9.90. The first-order valence-electron chi connectivity index (χ1n) is 5.51. The van der Waals surface area contributed by atoms with Crippen LogP contribution in [0, 0.1) is 0 Å². The summed E-state index contributed by atoms with van der Waals surface area (Å²) < 4.78 is 37.5. The van der Waals surface area contributed by atoms with E-state index in [1.165, 1.54) is 6.07 Å². The number of carbonyl (C=O) groups is 3. The largest absolute Gasteiger partial charge is 0.478 e. The Morgan fingerprint density at radius 1 is 1.25 bits per heavy atom. The molecule has 0 aliphatic carbocycles. The second-order valence-electron chi connectivity index (χ2n) is 4.13. The molecule has 1 aromatic carbocycles. The van der Waals surface area contributed by atoms with Gasteiger partial charge in [0.1, 0.15) is 0 Å². The molecule has 2 rings (SSSR count). The van der Waals surface area contributed by atoms with Crippen molar-refractivity contribution in [2.45, 2.75) is 12.6 Å². The Morgan fingerprint density at radius 2 is 1.90 bits per heavy atom. The predicted molar refractivity (Wildman–Crippen MR) is 60.8 cm³/mol. The molecule has 0 saturated heterocycles. The minimum Gasteiger partial charge on any atom is -0.478 e. The highest BCUT2D eigenvalue weighted by Crippen LogP contribution is 2.33. The first kappa shape index (κ1) is 14.0. The number of carboxylic acids is 1. The lowest BCUT2D eigenvalue weighted by atomic mass is 9.95. The SMILES string of the molecule is O=C(O)c1cccc2c1C(=O)CCN2C(=O)C(F)(F)F. The lowest BCUT2D eigenvalue weighted by Gasteiger charge is -2.29. The summed E-state index contributed by atoms with van der Waals surface area (Å²) in [5, 5.41) is 8.97. The van der Waals surface area contributed by atoms with E-state index in [1.54, 1.807) is 0 Å². The molecule has 1 aromatic rings. The van der Waals surface area contributed by atoms with Crippen LogP contribution in [0.4, 0.5) is 18.9 Å². The number of hydrogen-bond donors (Lipinski definition) is 1. The number of amides is 1. The second-order valence-corrected chi connectivity index (χ2v) is 4.13. The lowest BCUT2D eigenvalue weighted by molar-refractivity contribution is -0.170. The lowest BCUT2D eigenvalue weighted by Crippen LogP contribution is -2.45. The van der Waals surface area contributed by atoms with Crippen molar-refractivity contribution in [3.63, 3.8) is 0 Å². The highest BCUT2D eigenvalue weighted by atomic mass is 19.4. The van der Waals surface area contributed by atoms with Crippen molar-refractivity contribution >= 4 is 23.3 Å². The van der Waals surface area contributed by atoms with Crippen LogP contribution < -0.4 is 4.90 Å². The number of nitrogens with zero attached hydrogens (tertiary/aromatic N) is 1. The van der Waals surface area contributed by atoms with Gasteiger partial charge in [-0.15, -0.1) is 0 Å². The average Bonchev–Trinajstić information content (AvgIpc) is 2.36. The molecule has 1 aliphatic heterocycles. The van der Waals surface area contributed by atoms with E-state index in [4.69, 9.17) is 5.11 Å². The van der Waals surface area contributed by atoms with Gasteiger partial charge >= 0.3 is 18.1 Å². The van der Waals surface area contributed by atoms with Gasteiger partial charge in [-0.1, -0.05) is 6.07 Å². The molecule has 1 N–H and O–H groups in total. The third-order valence-corrected chi connectivity index (χ3v) is 2.89. The first-order chi connectivity index (χ1) is 9.23. The van der Waals surface area contributed by atoms with E-state index in [0.29, 0.717) is 4.90 Å². The Morgan fingerprint density at radius 3 is 2.45 bits per heavy atom. The Labute approximate surface area is 110 Å². The summed E-state index contributed by atoms with van der Waals surface area (Å²) in [5.41, 5.74) is -1.08. The Bertz CT molecular complexity index is 609. The molecule has 8 heteroatoms. The van der Waals surface area contributed by atoms with Gasteiger partial charge in [-0.05, 0) is 12.1 Å². The van der Waals surface area contributed by atoms with E-state index in [1.807, 2.05) is 0 Å². The van der Waals surface area contributed by atoms with Gasteiger partial charge in [0.05, 0.1) is 16.8 Å². The Balaban J connectivity index is 2.59. The number of alkyl halides is 3. The summed E-state index contributed by atoms with van der Waals surface area (Å²) in [5.74, 6) is -4.14. The fourth-order valence-corrected chi connectivity index (χ4v) is 2.06. The summed E-state index contributed by atoms with van der Waals surface area (Å²) in [4.78, 5) is 34.5. The summed E-state index contributed by atoms with van der Waals surface area (Å²) >= 11 is 0. The third-order valence-electron chi connectivity index (χ3n) is 2.89. The average molecular weight is 287 g/mol. The van der Waals surface area contributed by atoms with E-state index in [-0.39, 0.29) is 17.7 Å². The molecule has 5 nitrogen and oxygen atoms in total. The highest BCUT2D eigenvalue weighted by Gasteiger charge is 2.45. The van der Waals surface area contributed by atoms with Gasteiger partial charge < -0.3 is 10.0 Å². The maximum absolute atomic E-state index is 12.5. The number of rotatable bonds is 1. The van der Waals surface area contributed by atoms with Crippen LogP contribution in [0.3, 0.4) is 0 Å². The van der Waals surface area contributed by atoms with Crippen molar-refractivity contribution in [2.24, 2.45) is 0 Å². The number of aromatic carboxylic acids is 1. The van der Waals surface area contributed by atoms with Gasteiger partial charge in [-0.25, -0.2) is 4.79 Å². The highest BCUT2D eigenvalue weighted by molar-refractivity contribution is 6.14. The standard InChI is InChI=1S/C12H8F3NO4/c13-12(14,15)11(20)16-5-4-8(17)9-6(10(18)19)2-1-3-7(9)16/h1-3H,4-5H2,(H,18,19). The molecule has 1 amide bonds. The quantitative estimate of drug-likeness (QED) is 0.855. The van der Waals surface area contributed by atoms with Crippen LogP contribution in [-0.2, 0) is 4.79 Å². The minimum absolute atomic E-state index is 0.316. The number of benzene rings is 1. The van der Waals surface area contributed by atoms with Crippen molar-refractivity contribution in [3.05, 3.63) is 29.3 Å². The third kappa shape index (κ3) is 2.24. The molecule has 0 radical (unpaired) electrons. The Hall–Kier alpha value is -2.38. The summed E-state index contributed by atoms with van der Waals surface area (Å²) in [7, 11) is 0. The minimum atomic E-state index is -5.09. The van der Waals surface area contributed by atoms with Crippen molar-refractivity contribution in [2.75, 3.05) is 11.4 Å². The molecule has 0 spiro atoms. The van der Waals surface area contributed by atoms with Crippen molar-refractivity contribution < 1.29 is 32.7 Å². The number of hydrogen-bond acceptors (Lipinski definition) is 3. The molecular formula is C12H8F3NO4. The van der Waals surface area contributed by atoms with Crippen molar-refractivity contribution in [3.8, 4) is 0 Å². The number of anilines is 1. The summed E-state index contributed by atoms with van der Waals surface area (Å²) in [6.45, 7) is -0.423. The van der Waals surface area contributed by atoms with Gasteiger partial charge in [0, 0.05) is 13.0 Å². The van der Waals surface area contributed by atoms with E-state index in [0.717, 1.165) is 12.1 Å². The van der Waals surface area contributed by atoms with Crippen LogP contribution in [0.2, 0.25) is 0 Å². The normalized spacial score (nSPS) is 14.9. The molecule has 1 aliphatic rings. The van der Waals surface area contributed by atoms with Crippen LogP contribution in [-0.4, -0.2) is 35.5 Å². The maximum atomic E-state index is 12.5. The molecule has 1 heterocycles. The molecule has 0 unspecified atom stereocenters. The van der Waals surface area contributed by atoms with E-state index in [9.17, 15) is 27.6 Å². The number of Topliss-reactive ketones (excluding diaryl/α,β-unsaturated/α-hetero) is 1. The van der Waals surface area contributed by atoms with Gasteiger partial charge in [0.25, 0.3) is 0 Å². The molecule has 0 aromatic heterocycles. The number of carboxylic acid groups (broad SMARTS) is 1. The fourth-order valence-electron chi connectivity index (χ4n) is 2.06. The molecule has 106 valence electrons. The number of fused-ring (bicyclic) bond motifs is 1. The second kappa shape index (κ2) is 4.62. The Kier molecular flexibility index (Phi) is 3.24. The monoisotopic (exact) mass is 287 g/mol. The number of halogens is 3. The van der Waals surface area contributed by atoms with Crippen molar-refractivity contribution in [1.82, 2.24) is 0 Å². The zero-order valence-corrected chi connectivity index (χ0v) is 9.90. The summed E-state index contributed by atoms with van der Waals surface area (Å²) in [6, 6.07) is 3.43. The molecule has 0 saturated carbocycles. The van der Waals surface area contributed by atoms with Crippen LogP contribution in [0.5, 0.6) is 0 Å². The van der Waals surface area contributed by atoms with Gasteiger partial charge in [0.2, 0.25) is 0 Å². The van der Waals surface area contributed by atoms with Crippen LogP contribution in [0.15, 0.2) is 18.2 Å². The van der Waals surface area contributed by atoms with Gasteiger partial charge in [-0.2, -0.15) is 13.2 Å². The number of carbonyl (C=O) groups excluding carboxylic acids is 2. The van der Waals surface area contributed by atoms with Crippen LogP contribution in [0.25, 0.3) is 0 Å². The molecule has 0 atom stereocenters. The van der Waals surface area contributed by atoms with E-state index < -0.39 is 35.9 Å². The zero-order chi connectivity index (χ0) is 15.1. The van der Waals surface area contributed by atoms with Gasteiger partial charge in [-0.3, -0.25) is 9.59 Å². The fraction of sp³-hybridized carbons (Fsp3) is 0.250. The van der Waals surface area contributed by atoms with E-state index >= 15 is 0 Å². The summed E-state index contributed by atoms with van der Waals surface area (Å²) in [6.07, 6.45) is -5.43. The van der Waals surface area contributed by atoms with Gasteiger partial charge in [0.15, 0.2) is 5.78 Å². The van der Waals surface area contributed by atoms with Crippen LogP contribution in [0.1, 0.15) is 27.1 Å². The maximum Gasteiger partial charge on any atom is 0.471 e. The smallest absolute Gasteiger partial charge is 0.471 e.